The minimum Gasteiger partial charge on any atom is -0.482 e. The molecule has 2 heterocycles. The summed E-state index contributed by atoms with van der Waals surface area (Å²) in [5.41, 5.74) is 0.830. The van der Waals surface area contributed by atoms with Gasteiger partial charge in [0, 0.05) is 26.2 Å². The molecule has 0 aliphatic carbocycles. The lowest BCUT2D eigenvalue weighted by molar-refractivity contribution is -0.139. The normalized spacial score (nSPS) is 19.4. The topological polar surface area (TPSA) is 79.3 Å². The number of carbonyl (C=O) groups excluding carboxylic acids is 1. The number of nitrogens with zero attached hydrogens (tertiary/aromatic N) is 2. The zero-order valence-electron chi connectivity index (χ0n) is 15.3. The van der Waals surface area contributed by atoms with Crippen molar-refractivity contribution in [2.45, 2.75) is 6.42 Å². The van der Waals surface area contributed by atoms with Gasteiger partial charge in [-0.2, -0.15) is 0 Å². The van der Waals surface area contributed by atoms with Crippen molar-refractivity contribution in [3.63, 3.8) is 0 Å². The summed E-state index contributed by atoms with van der Waals surface area (Å²) in [5, 5.41) is 8.63. The van der Waals surface area contributed by atoms with Crippen molar-refractivity contribution in [2.24, 2.45) is 0 Å². The van der Waals surface area contributed by atoms with Crippen molar-refractivity contribution in [2.75, 3.05) is 46.0 Å². The third-order valence-electron chi connectivity index (χ3n) is 4.37. The molecule has 0 spiro atoms. The predicted octanol–water partition coefficient (Wildman–Crippen LogP) is 2.07. The molecular formula is C19H22N2O5S2. The molecule has 150 valence electrons. The molecule has 28 heavy (non-hydrogen) atoms. The van der Waals surface area contributed by atoms with E-state index in [1.165, 1.54) is 11.8 Å². The second-order valence-electron chi connectivity index (χ2n) is 6.39. The number of thiocarbonyl (C=S) groups is 1. The molecule has 0 saturated carbocycles. The summed E-state index contributed by atoms with van der Waals surface area (Å²) in [6.07, 6.45) is 2.66. The molecule has 0 unspecified atom stereocenters. The summed E-state index contributed by atoms with van der Waals surface area (Å²) in [4.78, 5) is 27.8. The quantitative estimate of drug-likeness (QED) is 0.504. The lowest BCUT2D eigenvalue weighted by Crippen LogP contribution is -2.38. The zero-order chi connectivity index (χ0) is 19.9. The van der Waals surface area contributed by atoms with Crippen LogP contribution >= 0.6 is 24.0 Å². The van der Waals surface area contributed by atoms with E-state index in [1.54, 1.807) is 35.2 Å². The molecule has 2 aliphatic heterocycles. The molecule has 3 rings (SSSR count). The van der Waals surface area contributed by atoms with Gasteiger partial charge in [-0.15, -0.1) is 0 Å². The second-order valence-corrected chi connectivity index (χ2v) is 8.07. The van der Waals surface area contributed by atoms with Gasteiger partial charge in [-0.05, 0) is 30.2 Å². The molecule has 0 radical (unpaired) electrons. The Morgan fingerprint density at radius 3 is 2.64 bits per heavy atom. The summed E-state index contributed by atoms with van der Waals surface area (Å²) in [6, 6.07) is 6.92. The first-order valence-corrected chi connectivity index (χ1v) is 10.3. The van der Waals surface area contributed by atoms with Gasteiger partial charge in [0.25, 0.3) is 5.91 Å². The Kier molecular flexibility index (Phi) is 7.43. The molecule has 2 saturated heterocycles. The molecule has 1 N–H and O–H groups in total. The molecule has 1 aromatic carbocycles. The molecule has 2 fully saturated rings. The van der Waals surface area contributed by atoms with Crippen molar-refractivity contribution in [3.05, 3.63) is 34.7 Å². The number of morpholine rings is 1. The zero-order valence-corrected chi connectivity index (χ0v) is 17.0. The van der Waals surface area contributed by atoms with Crippen LogP contribution in [0.1, 0.15) is 12.0 Å². The third kappa shape index (κ3) is 5.78. The van der Waals surface area contributed by atoms with Gasteiger partial charge in [0.15, 0.2) is 6.61 Å². The van der Waals surface area contributed by atoms with Crippen LogP contribution < -0.4 is 4.74 Å². The van der Waals surface area contributed by atoms with Gasteiger partial charge in [0.2, 0.25) is 0 Å². The van der Waals surface area contributed by atoms with Gasteiger partial charge >= 0.3 is 5.97 Å². The summed E-state index contributed by atoms with van der Waals surface area (Å²) in [7, 11) is 0. The number of hydrogen-bond acceptors (Lipinski definition) is 7. The summed E-state index contributed by atoms with van der Waals surface area (Å²) >= 11 is 6.69. The molecule has 7 nitrogen and oxygen atoms in total. The van der Waals surface area contributed by atoms with Crippen molar-refractivity contribution in [3.8, 4) is 5.75 Å². The maximum atomic E-state index is 12.7. The Hall–Kier alpha value is -1.94. The fourth-order valence-electron chi connectivity index (χ4n) is 2.93. The van der Waals surface area contributed by atoms with E-state index < -0.39 is 5.97 Å². The van der Waals surface area contributed by atoms with Crippen LogP contribution in [-0.2, 0) is 14.3 Å². The number of benzene rings is 1. The molecule has 1 amide bonds. The van der Waals surface area contributed by atoms with E-state index in [0.717, 1.165) is 44.8 Å². The average molecular weight is 423 g/mol. The number of carbonyl (C=O) groups is 2. The Balaban J connectivity index is 1.53. The molecule has 0 aromatic heterocycles. The van der Waals surface area contributed by atoms with Gasteiger partial charge in [-0.25, -0.2) is 4.79 Å². The van der Waals surface area contributed by atoms with Crippen LogP contribution in [0.2, 0.25) is 0 Å². The number of rotatable bonds is 8. The highest BCUT2D eigenvalue weighted by Gasteiger charge is 2.31. The second kappa shape index (κ2) is 10.0. The van der Waals surface area contributed by atoms with Crippen LogP contribution in [0, 0.1) is 0 Å². The number of amides is 1. The smallest absolute Gasteiger partial charge is 0.341 e. The summed E-state index contributed by atoms with van der Waals surface area (Å²) in [5.74, 6) is -0.625. The van der Waals surface area contributed by atoms with Gasteiger partial charge in [0.1, 0.15) is 10.1 Å². The first-order chi connectivity index (χ1) is 13.5. The monoisotopic (exact) mass is 422 g/mol. The van der Waals surface area contributed by atoms with Crippen LogP contribution in [0.4, 0.5) is 0 Å². The number of carboxylic acid groups (broad SMARTS) is 1. The van der Waals surface area contributed by atoms with E-state index in [1.807, 2.05) is 0 Å². The van der Waals surface area contributed by atoms with Gasteiger partial charge in [-0.3, -0.25) is 14.6 Å². The van der Waals surface area contributed by atoms with E-state index in [-0.39, 0.29) is 12.5 Å². The SMILES string of the molecule is O=C(O)COc1ccc(/C=C2/SC(=S)N(CCCN3CCOCC3)C2=O)cc1. The number of hydrogen-bond donors (Lipinski definition) is 1. The van der Waals surface area contributed by atoms with Crippen molar-refractivity contribution >= 4 is 46.3 Å². The first kappa shape index (κ1) is 20.8. The standard InChI is InChI=1S/C19H22N2O5S2/c22-17(23)13-26-15-4-2-14(3-5-15)12-16-18(24)21(19(27)28-16)7-1-6-20-8-10-25-11-9-20/h2-5,12H,1,6-11,13H2,(H,22,23)/b16-12+. The van der Waals surface area contributed by atoms with Crippen LogP contribution in [0.3, 0.4) is 0 Å². The first-order valence-electron chi connectivity index (χ1n) is 9.03. The highest BCUT2D eigenvalue weighted by atomic mass is 32.2. The van der Waals surface area contributed by atoms with Crippen LogP contribution in [-0.4, -0.2) is 77.1 Å². The Morgan fingerprint density at radius 2 is 1.96 bits per heavy atom. The van der Waals surface area contributed by atoms with E-state index in [2.05, 4.69) is 4.90 Å². The predicted molar refractivity (Wildman–Crippen MR) is 111 cm³/mol. The Morgan fingerprint density at radius 1 is 1.25 bits per heavy atom. The van der Waals surface area contributed by atoms with Crippen molar-refractivity contribution in [1.29, 1.82) is 0 Å². The van der Waals surface area contributed by atoms with E-state index in [0.29, 0.717) is 21.5 Å². The van der Waals surface area contributed by atoms with Gasteiger partial charge in [0.05, 0.1) is 18.1 Å². The number of ether oxygens (including phenoxy) is 2. The lowest BCUT2D eigenvalue weighted by atomic mass is 10.2. The highest BCUT2D eigenvalue weighted by Crippen LogP contribution is 2.32. The van der Waals surface area contributed by atoms with Crippen molar-refractivity contribution < 1.29 is 24.2 Å². The summed E-state index contributed by atoms with van der Waals surface area (Å²) in [6.45, 7) is 4.56. The van der Waals surface area contributed by atoms with Crippen LogP contribution in [0.15, 0.2) is 29.2 Å². The molecule has 1 aromatic rings. The summed E-state index contributed by atoms with van der Waals surface area (Å²) < 4.78 is 11.0. The molecule has 0 atom stereocenters. The maximum Gasteiger partial charge on any atom is 0.341 e. The number of thioether (sulfide) groups is 1. The minimum atomic E-state index is -1.03. The molecule has 0 bridgehead atoms. The van der Waals surface area contributed by atoms with Gasteiger partial charge in [-0.1, -0.05) is 36.1 Å². The number of aliphatic carboxylic acids is 1. The van der Waals surface area contributed by atoms with Gasteiger partial charge < -0.3 is 14.6 Å². The average Bonchev–Trinajstić information content (AvgIpc) is 2.95. The fourth-order valence-corrected chi connectivity index (χ4v) is 4.24. The largest absolute Gasteiger partial charge is 0.482 e. The van der Waals surface area contributed by atoms with E-state index in [4.69, 9.17) is 26.8 Å². The lowest BCUT2D eigenvalue weighted by Gasteiger charge is -2.27. The maximum absolute atomic E-state index is 12.7. The van der Waals surface area contributed by atoms with E-state index >= 15 is 0 Å². The minimum absolute atomic E-state index is 0.0665. The fraction of sp³-hybridized carbons (Fsp3) is 0.421. The van der Waals surface area contributed by atoms with Crippen molar-refractivity contribution in [1.82, 2.24) is 9.80 Å². The molecule has 2 aliphatic rings. The number of carboxylic acids is 1. The molecule has 9 heteroatoms. The Bertz CT molecular complexity index is 760. The van der Waals surface area contributed by atoms with Crippen LogP contribution in [0.25, 0.3) is 6.08 Å². The molecular weight excluding hydrogens is 400 g/mol. The van der Waals surface area contributed by atoms with Crippen LogP contribution in [0.5, 0.6) is 5.75 Å². The highest BCUT2D eigenvalue weighted by molar-refractivity contribution is 8.26. The van der Waals surface area contributed by atoms with E-state index in [9.17, 15) is 9.59 Å². The third-order valence-corrected chi connectivity index (χ3v) is 5.75. The Labute approximate surface area is 173 Å².